The van der Waals surface area contributed by atoms with E-state index in [1.807, 2.05) is 17.0 Å². The second-order valence-electron chi connectivity index (χ2n) is 4.27. The number of carbonyl (C=O) groups excluding carboxylic acids is 1. The van der Waals surface area contributed by atoms with Crippen molar-refractivity contribution in [3.8, 4) is 0 Å². The van der Waals surface area contributed by atoms with Crippen molar-refractivity contribution in [2.45, 2.75) is 32.2 Å². The number of urea groups is 1. The maximum atomic E-state index is 11.9. The van der Waals surface area contributed by atoms with E-state index in [-0.39, 0.29) is 6.03 Å². The van der Waals surface area contributed by atoms with Gasteiger partial charge in [0.2, 0.25) is 0 Å². The van der Waals surface area contributed by atoms with Crippen LogP contribution in [0.4, 0.5) is 4.79 Å². The zero-order chi connectivity index (χ0) is 12.1. The Morgan fingerprint density at radius 2 is 2.00 bits per heavy atom. The van der Waals surface area contributed by atoms with E-state index in [1.54, 1.807) is 11.3 Å². The zero-order valence-electron chi connectivity index (χ0n) is 9.75. The summed E-state index contributed by atoms with van der Waals surface area (Å²) in [6.07, 6.45) is 4.78. The zero-order valence-corrected chi connectivity index (χ0v) is 12.1. The molecule has 1 saturated heterocycles. The average molecular weight is 317 g/mol. The molecular weight excluding hydrogens is 300 g/mol. The standard InChI is InChI=1S/C12H17BrN2OS/c13-11-6-5-10(17-11)9-14-12(16)15-7-3-1-2-4-8-15/h5-6H,1-4,7-9H2,(H,14,16). The Hall–Kier alpha value is -0.550. The van der Waals surface area contributed by atoms with Crippen molar-refractivity contribution < 1.29 is 4.79 Å². The predicted molar refractivity (Wildman–Crippen MR) is 74.3 cm³/mol. The Bertz CT molecular complexity index is 372. The number of nitrogens with one attached hydrogen (secondary N) is 1. The molecule has 1 N–H and O–H groups in total. The molecule has 0 unspecified atom stereocenters. The number of hydrogen-bond acceptors (Lipinski definition) is 2. The molecule has 1 aromatic rings. The molecule has 0 atom stereocenters. The molecule has 1 aliphatic rings. The number of halogens is 1. The van der Waals surface area contributed by atoms with Crippen molar-refractivity contribution in [3.63, 3.8) is 0 Å². The normalized spacial score (nSPS) is 16.6. The molecule has 0 bridgehead atoms. The van der Waals surface area contributed by atoms with E-state index in [0.29, 0.717) is 6.54 Å². The smallest absolute Gasteiger partial charge is 0.317 e. The molecule has 0 saturated carbocycles. The Kier molecular flexibility index (Phi) is 4.86. The quantitative estimate of drug-likeness (QED) is 0.888. The highest BCUT2D eigenvalue weighted by atomic mass is 79.9. The molecule has 1 fully saturated rings. The number of hydrogen-bond donors (Lipinski definition) is 1. The minimum absolute atomic E-state index is 0.0800. The van der Waals surface area contributed by atoms with Crippen LogP contribution in [0.15, 0.2) is 15.9 Å². The average Bonchev–Trinajstić information content (AvgIpc) is 2.58. The Morgan fingerprint density at radius 3 is 2.59 bits per heavy atom. The molecule has 2 heterocycles. The fraction of sp³-hybridized carbons (Fsp3) is 0.583. The first-order valence-corrected chi connectivity index (χ1v) is 7.63. The molecule has 17 heavy (non-hydrogen) atoms. The Morgan fingerprint density at radius 1 is 1.29 bits per heavy atom. The van der Waals surface area contributed by atoms with E-state index in [0.717, 1.165) is 29.7 Å². The maximum absolute atomic E-state index is 11.9. The van der Waals surface area contributed by atoms with Crippen LogP contribution in [-0.2, 0) is 6.54 Å². The van der Waals surface area contributed by atoms with E-state index in [1.165, 1.54) is 17.7 Å². The summed E-state index contributed by atoms with van der Waals surface area (Å²) in [7, 11) is 0. The van der Waals surface area contributed by atoms with Gasteiger partial charge in [0.1, 0.15) is 0 Å². The van der Waals surface area contributed by atoms with Gasteiger partial charge in [-0.1, -0.05) is 12.8 Å². The molecular formula is C12H17BrN2OS. The minimum atomic E-state index is 0.0800. The second-order valence-corrected chi connectivity index (χ2v) is 6.81. The van der Waals surface area contributed by atoms with Crippen molar-refractivity contribution in [3.05, 3.63) is 20.8 Å². The topological polar surface area (TPSA) is 32.3 Å². The van der Waals surface area contributed by atoms with Gasteiger partial charge in [-0.05, 0) is 40.9 Å². The fourth-order valence-electron chi connectivity index (χ4n) is 2.00. The summed E-state index contributed by atoms with van der Waals surface area (Å²) in [5.74, 6) is 0. The molecule has 0 radical (unpaired) electrons. The van der Waals surface area contributed by atoms with Gasteiger partial charge in [-0.3, -0.25) is 0 Å². The van der Waals surface area contributed by atoms with E-state index < -0.39 is 0 Å². The van der Waals surface area contributed by atoms with Crippen molar-refractivity contribution in [2.75, 3.05) is 13.1 Å². The molecule has 3 nitrogen and oxygen atoms in total. The molecule has 2 rings (SSSR count). The first kappa shape index (κ1) is 12.9. The number of carbonyl (C=O) groups is 1. The van der Waals surface area contributed by atoms with Gasteiger partial charge in [0.15, 0.2) is 0 Å². The summed E-state index contributed by atoms with van der Waals surface area (Å²) < 4.78 is 1.11. The lowest BCUT2D eigenvalue weighted by atomic mass is 10.2. The fourth-order valence-corrected chi connectivity index (χ4v) is 3.42. The largest absolute Gasteiger partial charge is 0.333 e. The SMILES string of the molecule is O=C(NCc1ccc(Br)s1)N1CCCCCC1. The van der Waals surface area contributed by atoms with Crippen molar-refractivity contribution >= 4 is 33.3 Å². The molecule has 1 aliphatic heterocycles. The lowest BCUT2D eigenvalue weighted by molar-refractivity contribution is 0.199. The van der Waals surface area contributed by atoms with Crippen LogP contribution in [0.1, 0.15) is 30.6 Å². The monoisotopic (exact) mass is 316 g/mol. The van der Waals surface area contributed by atoms with Gasteiger partial charge in [-0.25, -0.2) is 4.79 Å². The minimum Gasteiger partial charge on any atom is -0.333 e. The van der Waals surface area contributed by atoms with Crippen LogP contribution >= 0.6 is 27.3 Å². The lowest BCUT2D eigenvalue weighted by Crippen LogP contribution is -2.39. The number of nitrogens with zero attached hydrogens (tertiary/aromatic N) is 1. The molecule has 1 aromatic heterocycles. The molecule has 5 heteroatoms. The van der Waals surface area contributed by atoms with Crippen molar-refractivity contribution in [1.82, 2.24) is 10.2 Å². The van der Waals surface area contributed by atoms with Crippen LogP contribution in [0.3, 0.4) is 0 Å². The molecule has 94 valence electrons. The first-order valence-electron chi connectivity index (χ1n) is 6.03. The molecule has 2 amide bonds. The van der Waals surface area contributed by atoms with Crippen LogP contribution in [0.25, 0.3) is 0 Å². The van der Waals surface area contributed by atoms with Crippen molar-refractivity contribution in [2.24, 2.45) is 0 Å². The van der Waals surface area contributed by atoms with E-state index in [9.17, 15) is 4.79 Å². The van der Waals surface area contributed by atoms with Gasteiger partial charge in [0.05, 0.1) is 10.3 Å². The Balaban J connectivity index is 1.79. The van der Waals surface area contributed by atoms with E-state index >= 15 is 0 Å². The number of amides is 2. The maximum Gasteiger partial charge on any atom is 0.317 e. The molecule has 0 aromatic carbocycles. The van der Waals surface area contributed by atoms with E-state index in [4.69, 9.17) is 0 Å². The van der Waals surface area contributed by atoms with Gasteiger partial charge in [-0.2, -0.15) is 0 Å². The summed E-state index contributed by atoms with van der Waals surface area (Å²) in [5.41, 5.74) is 0. The van der Waals surface area contributed by atoms with E-state index in [2.05, 4.69) is 21.2 Å². The van der Waals surface area contributed by atoms with Gasteiger partial charge < -0.3 is 10.2 Å². The third-order valence-corrected chi connectivity index (χ3v) is 4.56. The van der Waals surface area contributed by atoms with Gasteiger partial charge >= 0.3 is 6.03 Å². The van der Waals surface area contributed by atoms with Crippen LogP contribution in [0.2, 0.25) is 0 Å². The van der Waals surface area contributed by atoms with Gasteiger partial charge in [0, 0.05) is 18.0 Å². The predicted octanol–water partition coefficient (Wildman–Crippen LogP) is 3.60. The molecule has 0 aliphatic carbocycles. The number of rotatable bonds is 2. The first-order chi connectivity index (χ1) is 8.25. The third-order valence-electron chi connectivity index (χ3n) is 2.94. The number of thiophene rings is 1. The second kappa shape index (κ2) is 6.40. The Labute approximate surface area is 114 Å². The third kappa shape index (κ3) is 4.00. The van der Waals surface area contributed by atoms with Crippen LogP contribution < -0.4 is 5.32 Å². The highest BCUT2D eigenvalue weighted by Crippen LogP contribution is 2.21. The lowest BCUT2D eigenvalue weighted by Gasteiger charge is -2.20. The van der Waals surface area contributed by atoms with Crippen LogP contribution in [0, 0.1) is 0 Å². The van der Waals surface area contributed by atoms with Crippen LogP contribution in [0.5, 0.6) is 0 Å². The highest BCUT2D eigenvalue weighted by molar-refractivity contribution is 9.11. The highest BCUT2D eigenvalue weighted by Gasteiger charge is 2.14. The van der Waals surface area contributed by atoms with Crippen LogP contribution in [-0.4, -0.2) is 24.0 Å². The molecule has 0 spiro atoms. The summed E-state index contributed by atoms with van der Waals surface area (Å²) in [4.78, 5) is 15.1. The van der Waals surface area contributed by atoms with Gasteiger partial charge in [0.25, 0.3) is 0 Å². The van der Waals surface area contributed by atoms with Gasteiger partial charge in [-0.15, -0.1) is 11.3 Å². The van der Waals surface area contributed by atoms with Crippen molar-refractivity contribution in [1.29, 1.82) is 0 Å². The summed E-state index contributed by atoms with van der Waals surface area (Å²) >= 11 is 5.09. The summed E-state index contributed by atoms with van der Waals surface area (Å²) in [5, 5.41) is 2.99. The summed E-state index contributed by atoms with van der Waals surface area (Å²) in [6.45, 7) is 2.44. The summed E-state index contributed by atoms with van der Waals surface area (Å²) in [6, 6.07) is 4.13. The number of likely N-dealkylation sites (tertiary alicyclic amines) is 1.